The van der Waals surface area contributed by atoms with Crippen molar-refractivity contribution < 1.29 is 4.39 Å². The van der Waals surface area contributed by atoms with Crippen molar-refractivity contribution in [2.75, 3.05) is 0 Å². The molecule has 3 heterocycles. The minimum absolute atomic E-state index is 0.442. The first-order valence-corrected chi connectivity index (χ1v) is 6.83. The molecule has 1 aliphatic carbocycles. The van der Waals surface area contributed by atoms with Crippen molar-refractivity contribution in [1.29, 1.82) is 0 Å². The molecule has 4 heteroatoms. The van der Waals surface area contributed by atoms with Crippen molar-refractivity contribution in [3.05, 3.63) is 77.1 Å². The maximum Gasteiger partial charge on any atom is 0.213 e. The second-order valence-corrected chi connectivity index (χ2v) is 5.15. The van der Waals surface area contributed by atoms with E-state index < -0.39 is 5.95 Å². The molecule has 0 fully saturated rings. The number of hydrogen-bond donors (Lipinski definition) is 0. The molecule has 0 saturated heterocycles. The highest BCUT2D eigenvalue weighted by molar-refractivity contribution is 5.71. The molecular formula is C17H12FN3. The van der Waals surface area contributed by atoms with E-state index in [-0.39, 0.29) is 0 Å². The molecule has 3 nitrogen and oxygen atoms in total. The Hall–Kier alpha value is -2.62. The highest BCUT2D eigenvalue weighted by Gasteiger charge is 2.23. The Bertz CT molecular complexity index is 830. The second-order valence-electron chi connectivity index (χ2n) is 5.15. The van der Waals surface area contributed by atoms with Crippen LogP contribution in [0, 0.1) is 5.95 Å². The van der Waals surface area contributed by atoms with Crippen molar-refractivity contribution in [2.45, 2.75) is 12.8 Å². The van der Waals surface area contributed by atoms with Crippen LogP contribution in [0.4, 0.5) is 4.39 Å². The van der Waals surface area contributed by atoms with Gasteiger partial charge >= 0.3 is 0 Å². The van der Waals surface area contributed by atoms with Gasteiger partial charge in [-0.3, -0.25) is 9.97 Å². The number of rotatable bonds is 2. The lowest BCUT2D eigenvalue weighted by atomic mass is 10.00. The normalized spacial score (nSPS) is 12.0. The summed E-state index contributed by atoms with van der Waals surface area (Å²) in [4.78, 5) is 12.5. The highest BCUT2D eigenvalue weighted by atomic mass is 19.1. The van der Waals surface area contributed by atoms with Crippen molar-refractivity contribution in [3.63, 3.8) is 0 Å². The SMILES string of the molecule is Fc1cc(Cc2ccnc3c2Cc2cccnc2-3)ccn1. The summed E-state index contributed by atoms with van der Waals surface area (Å²) in [5.74, 6) is -0.442. The zero-order chi connectivity index (χ0) is 14.2. The summed E-state index contributed by atoms with van der Waals surface area (Å²) < 4.78 is 13.2. The molecule has 0 unspecified atom stereocenters. The Balaban J connectivity index is 1.76. The molecule has 0 aliphatic heterocycles. The number of nitrogens with zero attached hydrogens (tertiary/aromatic N) is 3. The third kappa shape index (κ3) is 2.09. The van der Waals surface area contributed by atoms with Crippen LogP contribution in [0.15, 0.2) is 48.9 Å². The van der Waals surface area contributed by atoms with Crippen LogP contribution in [0.5, 0.6) is 0 Å². The molecule has 0 bridgehead atoms. The molecule has 0 spiro atoms. The van der Waals surface area contributed by atoms with Crippen LogP contribution in [0.25, 0.3) is 11.4 Å². The fourth-order valence-electron chi connectivity index (χ4n) is 2.86. The van der Waals surface area contributed by atoms with Crippen LogP contribution in [-0.4, -0.2) is 15.0 Å². The predicted octanol–water partition coefficient (Wildman–Crippen LogP) is 3.17. The standard InChI is InChI=1S/C17H12FN3/c18-15-9-11(3-6-19-15)8-12-4-7-21-17-14(12)10-13-2-1-5-20-16(13)17/h1-7,9H,8,10H2. The first-order chi connectivity index (χ1) is 10.3. The van der Waals surface area contributed by atoms with Crippen LogP contribution >= 0.6 is 0 Å². The van der Waals surface area contributed by atoms with E-state index in [9.17, 15) is 4.39 Å². The highest BCUT2D eigenvalue weighted by Crippen LogP contribution is 2.35. The molecule has 0 amide bonds. The van der Waals surface area contributed by atoms with Crippen molar-refractivity contribution in [2.24, 2.45) is 0 Å². The molecule has 0 atom stereocenters. The number of aromatic nitrogens is 3. The molecule has 3 aromatic heterocycles. The largest absolute Gasteiger partial charge is 0.254 e. The van der Waals surface area contributed by atoms with Gasteiger partial charge in [-0.2, -0.15) is 4.39 Å². The summed E-state index contributed by atoms with van der Waals surface area (Å²) >= 11 is 0. The Labute approximate surface area is 121 Å². The van der Waals surface area contributed by atoms with Crippen LogP contribution in [0.2, 0.25) is 0 Å². The average Bonchev–Trinajstić information content (AvgIpc) is 2.87. The molecule has 4 rings (SSSR count). The lowest BCUT2D eigenvalue weighted by molar-refractivity contribution is 0.582. The third-order valence-corrected chi connectivity index (χ3v) is 3.82. The Kier molecular flexibility index (Phi) is 2.74. The van der Waals surface area contributed by atoms with Crippen LogP contribution in [0.1, 0.15) is 22.3 Å². The van der Waals surface area contributed by atoms with Gasteiger partial charge in [-0.05, 0) is 52.9 Å². The zero-order valence-corrected chi connectivity index (χ0v) is 11.3. The molecule has 0 aromatic carbocycles. The van der Waals surface area contributed by atoms with Crippen LogP contribution < -0.4 is 0 Å². The third-order valence-electron chi connectivity index (χ3n) is 3.82. The van der Waals surface area contributed by atoms with Gasteiger partial charge in [0.05, 0.1) is 11.4 Å². The molecule has 0 radical (unpaired) electrons. The van der Waals surface area contributed by atoms with Crippen molar-refractivity contribution in [3.8, 4) is 11.4 Å². The van der Waals surface area contributed by atoms with Crippen LogP contribution in [-0.2, 0) is 12.8 Å². The van der Waals surface area contributed by atoms with Gasteiger partial charge in [0.25, 0.3) is 0 Å². The van der Waals surface area contributed by atoms with E-state index in [4.69, 9.17) is 0 Å². The predicted molar refractivity (Wildman–Crippen MR) is 77.3 cm³/mol. The summed E-state index contributed by atoms with van der Waals surface area (Å²) in [5, 5.41) is 0. The number of fused-ring (bicyclic) bond motifs is 3. The summed E-state index contributed by atoms with van der Waals surface area (Å²) in [6.45, 7) is 0. The topological polar surface area (TPSA) is 38.7 Å². The Morgan fingerprint density at radius 1 is 0.952 bits per heavy atom. The Morgan fingerprint density at radius 3 is 2.71 bits per heavy atom. The molecule has 0 N–H and O–H groups in total. The molecule has 21 heavy (non-hydrogen) atoms. The summed E-state index contributed by atoms with van der Waals surface area (Å²) in [6.07, 6.45) is 6.62. The first-order valence-electron chi connectivity index (χ1n) is 6.83. The quantitative estimate of drug-likeness (QED) is 0.528. The maximum atomic E-state index is 13.2. The van der Waals surface area contributed by atoms with E-state index in [1.807, 2.05) is 18.2 Å². The second kappa shape index (κ2) is 4.74. The van der Waals surface area contributed by atoms with E-state index >= 15 is 0 Å². The lowest BCUT2D eigenvalue weighted by Gasteiger charge is -2.07. The van der Waals surface area contributed by atoms with E-state index in [0.29, 0.717) is 6.42 Å². The monoisotopic (exact) mass is 277 g/mol. The van der Waals surface area contributed by atoms with Gasteiger partial charge in [0, 0.05) is 25.0 Å². The summed E-state index contributed by atoms with van der Waals surface area (Å²) in [7, 11) is 0. The van der Waals surface area contributed by atoms with Gasteiger partial charge in [-0.15, -0.1) is 0 Å². The van der Waals surface area contributed by atoms with Gasteiger partial charge in [-0.25, -0.2) is 4.98 Å². The van der Waals surface area contributed by atoms with E-state index in [2.05, 4.69) is 21.0 Å². The summed E-state index contributed by atoms with van der Waals surface area (Å²) in [5.41, 5.74) is 6.41. The van der Waals surface area contributed by atoms with Crippen LogP contribution in [0.3, 0.4) is 0 Å². The maximum absolute atomic E-state index is 13.2. The smallest absolute Gasteiger partial charge is 0.213 e. The van der Waals surface area contributed by atoms with E-state index in [1.165, 1.54) is 29.0 Å². The van der Waals surface area contributed by atoms with Gasteiger partial charge in [0.2, 0.25) is 5.95 Å². The molecule has 1 aliphatic rings. The fraction of sp³-hybridized carbons (Fsp3) is 0.118. The minimum Gasteiger partial charge on any atom is -0.254 e. The number of halogens is 1. The van der Waals surface area contributed by atoms with E-state index in [1.54, 1.807) is 12.4 Å². The fourth-order valence-corrected chi connectivity index (χ4v) is 2.86. The lowest BCUT2D eigenvalue weighted by Crippen LogP contribution is -1.97. The number of hydrogen-bond acceptors (Lipinski definition) is 3. The van der Waals surface area contributed by atoms with Crippen molar-refractivity contribution in [1.82, 2.24) is 15.0 Å². The number of pyridine rings is 3. The first kappa shape index (κ1) is 12.1. The summed E-state index contributed by atoms with van der Waals surface area (Å²) in [6, 6.07) is 9.36. The van der Waals surface area contributed by atoms with Gasteiger partial charge in [0.15, 0.2) is 0 Å². The minimum atomic E-state index is -0.442. The van der Waals surface area contributed by atoms with E-state index in [0.717, 1.165) is 23.4 Å². The van der Waals surface area contributed by atoms with Gasteiger partial charge in [-0.1, -0.05) is 6.07 Å². The van der Waals surface area contributed by atoms with Crippen molar-refractivity contribution >= 4 is 0 Å². The average molecular weight is 277 g/mol. The molecule has 3 aromatic rings. The van der Waals surface area contributed by atoms with Gasteiger partial charge < -0.3 is 0 Å². The molecular weight excluding hydrogens is 265 g/mol. The molecule has 0 saturated carbocycles. The Morgan fingerprint density at radius 2 is 1.81 bits per heavy atom. The molecule has 102 valence electrons. The van der Waals surface area contributed by atoms with Gasteiger partial charge in [0.1, 0.15) is 0 Å². The zero-order valence-electron chi connectivity index (χ0n) is 11.3.